The molecule has 0 aliphatic rings. The van der Waals surface area contributed by atoms with Gasteiger partial charge in [-0.2, -0.15) is 5.21 Å². The van der Waals surface area contributed by atoms with Crippen LogP contribution in [0, 0.1) is 0 Å². The molecule has 1 atom stereocenters. The number of rotatable bonds is 3. The van der Waals surface area contributed by atoms with Crippen LogP contribution in [0.3, 0.4) is 0 Å². The summed E-state index contributed by atoms with van der Waals surface area (Å²) in [5, 5.41) is 15.9. The van der Waals surface area contributed by atoms with Crippen molar-refractivity contribution < 1.29 is 4.79 Å². The molecule has 0 radical (unpaired) electrons. The lowest BCUT2D eigenvalue weighted by Crippen LogP contribution is -2.28. The van der Waals surface area contributed by atoms with Crippen molar-refractivity contribution in [2.75, 3.05) is 0 Å². The van der Waals surface area contributed by atoms with Gasteiger partial charge in [-0.05, 0) is 6.92 Å². The topological polar surface area (TPSA) is 109 Å². The third-order valence-corrected chi connectivity index (χ3v) is 1.89. The summed E-state index contributed by atoms with van der Waals surface area (Å²) in [6, 6.07) is -0.340. The van der Waals surface area contributed by atoms with Gasteiger partial charge in [0.05, 0.1) is 12.2 Å². The Morgan fingerprint density at radius 3 is 3.00 bits per heavy atom. The average molecular weight is 219 g/mol. The number of nitrogens with one attached hydrogen (secondary N) is 2. The summed E-state index contributed by atoms with van der Waals surface area (Å²) in [7, 11) is 0. The zero-order valence-electron chi connectivity index (χ0n) is 8.45. The second kappa shape index (κ2) is 4.43. The van der Waals surface area contributed by atoms with Gasteiger partial charge in [-0.3, -0.25) is 9.78 Å². The molecule has 0 spiro atoms. The molecule has 2 aromatic heterocycles. The van der Waals surface area contributed by atoms with Gasteiger partial charge in [0.2, 0.25) is 0 Å². The van der Waals surface area contributed by atoms with Gasteiger partial charge in [0.15, 0.2) is 5.82 Å². The third kappa shape index (κ3) is 2.16. The summed E-state index contributed by atoms with van der Waals surface area (Å²) in [6.45, 7) is 1.75. The molecule has 2 aromatic rings. The zero-order valence-corrected chi connectivity index (χ0v) is 8.45. The molecule has 16 heavy (non-hydrogen) atoms. The second-order valence-corrected chi connectivity index (χ2v) is 3.06. The maximum atomic E-state index is 11.7. The van der Waals surface area contributed by atoms with Crippen molar-refractivity contribution in [3.05, 3.63) is 30.1 Å². The molecule has 2 rings (SSSR count). The first-order chi connectivity index (χ1) is 7.77. The SMILES string of the molecule is CC(NC(=O)c1cnccn1)c1nn[nH]n1. The van der Waals surface area contributed by atoms with Crippen molar-refractivity contribution in [1.82, 2.24) is 35.9 Å². The molecule has 2 heterocycles. The lowest BCUT2D eigenvalue weighted by Gasteiger charge is -2.08. The summed E-state index contributed by atoms with van der Waals surface area (Å²) in [5.41, 5.74) is 0.248. The number of H-pyrrole nitrogens is 1. The summed E-state index contributed by atoms with van der Waals surface area (Å²) in [5.74, 6) is 0.0858. The van der Waals surface area contributed by atoms with Crippen LogP contribution in [-0.4, -0.2) is 36.5 Å². The highest BCUT2D eigenvalue weighted by Gasteiger charge is 2.15. The van der Waals surface area contributed by atoms with Crippen LogP contribution in [0.25, 0.3) is 0 Å². The molecule has 1 amide bonds. The predicted octanol–water partition coefficient (Wildman–Crippen LogP) is -0.519. The van der Waals surface area contributed by atoms with Gasteiger partial charge in [-0.15, -0.1) is 10.2 Å². The van der Waals surface area contributed by atoms with E-state index in [2.05, 4.69) is 35.9 Å². The molecule has 8 heteroatoms. The summed E-state index contributed by atoms with van der Waals surface area (Å²) in [6.07, 6.45) is 4.34. The van der Waals surface area contributed by atoms with Crippen LogP contribution in [0.1, 0.15) is 29.3 Å². The van der Waals surface area contributed by atoms with Crippen molar-refractivity contribution in [3.8, 4) is 0 Å². The Bertz CT molecular complexity index is 455. The lowest BCUT2D eigenvalue weighted by atomic mass is 10.3. The summed E-state index contributed by atoms with van der Waals surface area (Å²) >= 11 is 0. The molecule has 1 unspecified atom stereocenters. The van der Waals surface area contributed by atoms with Gasteiger partial charge in [0.1, 0.15) is 5.69 Å². The van der Waals surface area contributed by atoms with E-state index in [0.717, 1.165) is 0 Å². The van der Waals surface area contributed by atoms with Crippen molar-refractivity contribution >= 4 is 5.91 Å². The quantitative estimate of drug-likeness (QED) is 0.718. The average Bonchev–Trinajstić information content (AvgIpc) is 2.83. The fraction of sp³-hybridized carbons (Fsp3) is 0.250. The number of hydrogen-bond donors (Lipinski definition) is 2. The van der Waals surface area contributed by atoms with Gasteiger partial charge >= 0.3 is 0 Å². The van der Waals surface area contributed by atoms with Crippen molar-refractivity contribution in [3.63, 3.8) is 0 Å². The monoisotopic (exact) mass is 219 g/mol. The number of aromatic nitrogens is 6. The first-order valence-corrected chi connectivity index (χ1v) is 4.57. The minimum Gasteiger partial charge on any atom is -0.341 e. The van der Waals surface area contributed by atoms with Crippen molar-refractivity contribution in [2.24, 2.45) is 0 Å². The Hall–Kier alpha value is -2.38. The normalized spacial score (nSPS) is 12.1. The molecule has 0 aliphatic carbocycles. The van der Waals surface area contributed by atoms with Gasteiger partial charge in [0.25, 0.3) is 5.91 Å². The Kier molecular flexibility index (Phi) is 2.81. The highest BCUT2D eigenvalue weighted by molar-refractivity contribution is 5.92. The lowest BCUT2D eigenvalue weighted by molar-refractivity contribution is 0.0933. The van der Waals surface area contributed by atoms with Crippen LogP contribution in [0.4, 0.5) is 0 Å². The predicted molar refractivity (Wildman–Crippen MR) is 52.1 cm³/mol. The third-order valence-electron chi connectivity index (χ3n) is 1.89. The summed E-state index contributed by atoms with van der Waals surface area (Å²) < 4.78 is 0. The number of carbonyl (C=O) groups is 1. The van der Waals surface area contributed by atoms with E-state index in [1.165, 1.54) is 18.6 Å². The smallest absolute Gasteiger partial charge is 0.272 e. The molecule has 82 valence electrons. The van der Waals surface area contributed by atoms with E-state index < -0.39 is 0 Å². The van der Waals surface area contributed by atoms with Crippen molar-refractivity contribution in [2.45, 2.75) is 13.0 Å². The first kappa shape index (κ1) is 10.1. The summed E-state index contributed by atoms with van der Waals surface area (Å²) in [4.78, 5) is 19.3. The van der Waals surface area contributed by atoms with Crippen LogP contribution in [0.2, 0.25) is 0 Å². The Labute approximate surface area is 90.5 Å². The van der Waals surface area contributed by atoms with E-state index in [9.17, 15) is 4.79 Å². The Balaban J connectivity index is 2.03. The number of tetrazole rings is 1. The number of carbonyl (C=O) groups excluding carboxylic acids is 1. The van der Waals surface area contributed by atoms with Crippen LogP contribution in [0.5, 0.6) is 0 Å². The molecule has 0 aromatic carbocycles. The van der Waals surface area contributed by atoms with E-state index in [-0.39, 0.29) is 17.6 Å². The standard InChI is InChI=1S/C8H9N7O/c1-5(7-12-14-15-13-7)11-8(16)6-4-9-2-3-10-6/h2-5H,1H3,(H,11,16)(H,12,13,14,15). The van der Waals surface area contributed by atoms with E-state index in [4.69, 9.17) is 0 Å². The maximum absolute atomic E-state index is 11.7. The van der Waals surface area contributed by atoms with Gasteiger partial charge in [-0.1, -0.05) is 5.21 Å². The molecule has 0 fully saturated rings. The first-order valence-electron chi connectivity index (χ1n) is 4.57. The van der Waals surface area contributed by atoms with E-state index >= 15 is 0 Å². The van der Waals surface area contributed by atoms with E-state index in [1.807, 2.05) is 0 Å². The number of nitrogens with zero attached hydrogens (tertiary/aromatic N) is 5. The highest BCUT2D eigenvalue weighted by Crippen LogP contribution is 2.04. The maximum Gasteiger partial charge on any atom is 0.272 e. The molecule has 2 N–H and O–H groups in total. The molecule has 8 nitrogen and oxygen atoms in total. The second-order valence-electron chi connectivity index (χ2n) is 3.06. The minimum absolute atomic E-state index is 0.248. The largest absolute Gasteiger partial charge is 0.341 e. The van der Waals surface area contributed by atoms with E-state index in [0.29, 0.717) is 5.82 Å². The Morgan fingerprint density at radius 2 is 2.38 bits per heavy atom. The fourth-order valence-electron chi connectivity index (χ4n) is 1.10. The van der Waals surface area contributed by atoms with Crippen LogP contribution in [-0.2, 0) is 0 Å². The molecule has 0 bridgehead atoms. The van der Waals surface area contributed by atoms with E-state index in [1.54, 1.807) is 6.92 Å². The minimum atomic E-state index is -0.340. The molecule has 0 saturated heterocycles. The van der Waals surface area contributed by atoms with Crippen LogP contribution in [0.15, 0.2) is 18.6 Å². The zero-order chi connectivity index (χ0) is 11.4. The number of amides is 1. The molecular formula is C8H9N7O. The molecular weight excluding hydrogens is 210 g/mol. The fourth-order valence-corrected chi connectivity index (χ4v) is 1.10. The van der Waals surface area contributed by atoms with Gasteiger partial charge in [0, 0.05) is 12.4 Å². The van der Waals surface area contributed by atoms with Gasteiger partial charge < -0.3 is 5.32 Å². The highest BCUT2D eigenvalue weighted by atomic mass is 16.1. The van der Waals surface area contributed by atoms with Crippen LogP contribution >= 0.6 is 0 Å². The molecule has 0 aliphatic heterocycles. The Morgan fingerprint density at radius 1 is 1.50 bits per heavy atom. The van der Waals surface area contributed by atoms with Gasteiger partial charge in [-0.25, -0.2) is 4.98 Å². The number of hydrogen-bond acceptors (Lipinski definition) is 6. The van der Waals surface area contributed by atoms with Crippen molar-refractivity contribution in [1.29, 1.82) is 0 Å². The van der Waals surface area contributed by atoms with Crippen LogP contribution < -0.4 is 5.32 Å². The number of aromatic amines is 1. The molecule has 0 saturated carbocycles.